The zero-order valence-electron chi connectivity index (χ0n) is 9.75. The van der Waals surface area contributed by atoms with Crippen LogP contribution in [0.25, 0.3) is 0 Å². The second kappa shape index (κ2) is 4.00. The molecule has 1 saturated carbocycles. The summed E-state index contributed by atoms with van der Waals surface area (Å²) in [6.45, 7) is 6.38. The number of carbonyl (C=O) groups is 1. The zero-order chi connectivity index (χ0) is 11.7. The van der Waals surface area contributed by atoms with E-state index in [1.165, 1.54) is 0 Å². The fourth-order valence-corrected chi connectivity index (χ4v) is 2.69. The van der Waals surface area contributed by atoms with Gasteiger partial charge in [-0.25, -0.2) is 4.79 Å². The highest BCUT2D eigenvalue weighted by Crippen LogP contribution is 2.52. The molecule has 0 aliphatic heterocycles. The van der Waals surface area contributed by atoms with Crippen molar-refractivity contribution in [2.24, 2.45) is 17.1 Å². The summed E-state index contributed by atoms with van der Waals surface area (Å²) in [5.41, 5.74) is 4.62. The predicted molar refractivity (Wildman–Crippen MR) is 57.3 cm³/mol. The molecule has 0 bridgehead atoms. The van der Waals surface area contributed by atoms with E-state index in [0.717, 1.165) is 12.8 Å². The second-order valence-electron chi connectivity index (χ2n) is 5.42. The highest BCUT2D eigenvalue weighted by atomic mass is 16.6. The van der Waals surface area contributed by atoms with Crippen LogP contribution in [0.1, 0.15) is 40.0 Å². The fourth-order valence-electron chi connectivity index (χ4n) is 2.69. The number of carbonyl (C=O) groups excluding carboxylic acids is 1. The molecule has 1 rings (SSSR count). The van der Waals surface area contributed by atoms with Crippen molar-refractivity contribution in [1.29, 1.82) is 0 Å². The first-order valence-electron chi connectivity index (χ1n) is 5.41. The van der Waals surface area contributed by atoms with E-state index in [1.54, 1.807) is 0 Å². The molecule has 0 aromatic carbocycles. The van der Waals surface area contributed by atoms with Crippen molar-refractivity contribution in [3.63, 3.8) is 0 Å². The number of ether oxygens (including phenoxy) is 1. The summed E-state index contributed by atoms with van der Waals surface area (Å²) in [5, 5.41) is 9.03. The summed E-state index contributed by atoms with van der Waals surface area (Å²) >= 11 is 0. The van der Waals surface area contributed by atoms with Gasteiger partial charge in [0.1, 0.15) is 5.60 Å². The Labute approximate surface area is 90.8 Å². The Morgan fingerprint density at radius 2 is 2.20 bits per heavy atom. The molecule has 15 heavy (non-hydrogen) atoms. The van der Waals surface area contributed by atoms with Crippen molar-refractivity contribution in [3.05, 3.63) is 0 Å². The van der Waals surface area contributed by atoms with Crippen LogP contribution in [0.5, 0.6) is 0 Å². The van der Waals surface area contributed by atoms with Crippen molar-refractivity contribution in [2.45, 2.75) is 45.6 Å². The lowest BCUT2D eigenvalue weighted by molar-refractivity contribution is -0.146. The highest BCUT2D eigenvalue weighted by Gasteiger charge is 2.54. The van der Waals surface area contributed by atoms with Crippen LogP contribution in [0.4, 0.5) is 4.79 Å². The van der Waals surface area contributed by atoms with E-state index in [9.17, 15) is 4.79 Å². The van der Waals surface area contributed by atoms with E-state index < -0.39 is 11.7 Å². The third-order valence-corrected chi connectivity index (χ3v) is 3.38. The molecule has 2 atom stereocenters. The van der Waals surface area contributed by atoms with E-state index in [2.05, 4.69) is 20.8 Å². The van der Waals surface area contributed by atoms with Gasteiger partial charge in [0.25, 0.3) is 0 Å². The molecule has 1 aliphatic rings. The van der Waals surface area contributed by atoms with Gasteiger partial charge < -0.3 is 15.6 Å². The normalized spacial score (nSPS) is 30.8. The maximum atomic E-state index is 10.9. The SMILES string of the molecule is CC(C)(C)C1CCC1(CCO)OC(N)=O. The smallest absolute Gasteiger partial charge is 0.405 e. The number of aliphatic hydroxyl groups is 1. The minimum Gasteiger partial charge on any atom is -0.443 e. The molecule has 0 aromatic rings. The Bertz CT molecular complexity index is 247. The lowest BCUT2D eigenvalue weighted by Crippen LogP contribution is -2.56. The van der Waals surface area contributed by atoms with Crippen molar-refractivity contribution in [1.82, 2.24) is 0 Å². The molecular weight excluding hydrogens is 194 g/mol. The van der Waals surface area contributed by atoms with Crippen LogP contribution >= 0.6 is 0 Å². The molecule has 1 amide bonds. The van der Waals surface area contributed by atoms with Crippen molar-refractivity contribution >= 4 is 6.09 Å². The molecule has 88 valence electrons. The molecule has 4 nitrogen and oxygen atoms in total. The van der Waals surface area contributed by atoms with Gasteiger partial charge in [-0.05, 0) is 18.3 Å². The largest absolute Gasteiger partial charge is 0.443 e. The monoisotopic (exact) mass is 215 g/mol. The summed E-state index contributed by atoms with van der Waals surface area (Å²) in [4.78, 5) is 10.9. The summed E-state index contributed by atoms with van der Waals surface area (Å²) in [5.74, 6) is 0.282. The lowest BCUT2D eigenvalue weighted by atomic mass is 9.57. The number of nitrogens with two attached hydrogens (primary N) is 1. The molecule has 4 heteroatoms. The zero-order valence-corrected chi connectivity index (χ0v) is 9.75. The topological polar surface area (TPSA) is 72.6 Å². The Morgan fingerprint density at radius 3 is 2.47 bits per heavy atom. The summed E-state index contributed by atoms with van der Waals surface area (Å²) < 4.78 is 5.23. The predicted octanol–water partition coefficient (Wildman–Crippen LogP) is 1.66. The number of hydrogen-bond acceptors (Lipinski definition) is 3. The molecule has 3 N–H and O–H groups in total. The van der Waals surface area contributed by atoms with Crippen LogP contribution in [0.2, 0.25) is 0 Å². The van der Waals surface area contributed by atoms with Gasteiger partial charge in [-0.15, -0.1) is 0 Å². The maximum absolute atomic E-state index is 10.9. The van der Waals surface area contributed by atoms with Crippen molar-refractivity contribution < 1.29 is 14.6 Å². The minimum absolute atomic E-state index is 0.0276. The summed E-state index contributed by atoms with van der Waals surface area (Å²) in [6.07, 6.45) is 1.57. The van der Waals surface area contributed by atoms with E-state index in [-0.39, 0.29) is 17.9 Å². The number of amides is 1. The van der Waals surface area contributed by atoms with Crippen LogP contribution < -0.4 is 5.73 Å². The van der Waals surface area contributed by atoms with E-state index in [0.29, 0.717) is 6.42 Å². The first kappa shape index (κ1) is 12.3. The van der Waals surface area contributed by atoms with Crippen LogP contribution in [0.15, 0.2) is 0 Å². The van der Waals surface area contributed by atoms with Crippen LogP contribution in [-0.2, 0) is 4.74 Å². The molecule has 0 radical (unpaired) electrons. The van der Waals surface area contributed by atoms with E-state index in [1.807, 2.05) is 0 Å². The summed E-state index contributed by atoms with van der Waals surface area (Å²) in [7, 11) is 0. The maximum Gasteiger partial charge on any atom is 0.405 e. The molecule has 1 aliphatic carbocycles. The number of aliphatic hydroxyl groups excluding tert-OH is 1. The van der Waals surface area contributed by atoms with Crippen LogP contribution in [0, 0.1) is 11.3 Å². The van der Waals surface area contributed by atoms with E-state index >= 15 is 0 Å². The Balaban J connectivity index is 2.78. The Morgan fingerprint density at radius 1 is 1.60 bits per heavy atom. The van der Waals surface area contributed by atoms with Gasteiger partial charge in [0.05, 0.1) is 0 Å². The molecule has 0 heterocycles. The number of hydrogen-bond donors (Lipinski definition) is 2. The average Bonchev–Trinajstić information content (AvgIpc) is 1.97. The quantitative estimate of drug-likeness (QED) is 0.752. The third kappa shape index (κ3) is 2.43. The number of primary amides is 1. The first-order chi connectivity index (χ1) is 6.82. The van der Waals surface area contributed by atoms with Crippen molar-refractivity contribution in [3.8, 4) is 0 Å². The van der Waals surface area contributed by atoms with Gasteiger partial charge in [0, 0.05) is 18.9 Å². The summed E-state index contributed by atoms with van der Waals surface area (Å²) in [6, 6.07) is 0. The average molecular weight is 215 g/mol. The van der Waals surface area contributed by atoms with Gasteiger partial charge in [-0.1, -0.05) is 20.8 Å². The highest BCUT2D eigenvalue weighted by molar-refractivity contribution is 5.65. The minimum atomic E-state index is -0.739. The van der Waals surface area contributed by atoms with E-state index in [4.69, 9.17) is 15.6 Å². The first-order valence-corrected chi connectivity index (χ1v) is 5.41. The molecule has 2 unspecified atom stereocenters. The molecule has 1 fully saturated rings. The third-order valence-electron chi connectivity index (χ3n) is 3.38. The lowest BCUT2D eigenvalue weighted by Gasteiger charge is -2.53. The van der Waals surface area contributed by atoms with Gasteiger partial charge in [-0.3, -0.25) is 0 Å². The molecule has 0 saturated heterocycles. The Kier molecular flexibility index (Phi) is 3.28. The second-order valence-corrected chi connectivity index (χ2v) is 5.42. The van der Waals surface area contributed by atoms with Crippen LogP contribution in [0.3, 0.4) is 0 Å². The molecular formula is C11H21NO3. The number of rotatable bonds is 3. The van der Waals surface area contributed by atoms with Crippen molar-refractivity contribution in [2.75, 3.05) is 6.61 Å². The Hall–Kier alpha value is -0.770. The van der Waals surface area contributed by atoms with Gasteiger partial charge in [0.15, 0.2) is 0 Å². The van der Waals surface area contributed by atoms with Gasteiger partial charge in [-0.2, -0.15) is 0 Å². The molecule has 0 spiro atoms. The van der Waals surface area contributed by atoms with Gasteiger partial charge >= 0.3 is 6.09 Å². The fraction of sp³-hybridized carbons (Fsp3) is 0.909. The van der Waals surface area contributed by atoms with Gasteiger partial charge in [0.2, 0.25) is 0 Å². The van der Waals surface area contributed by atoms with Crippen LogP contribution in [-0.4, -0.2) is 23.4 Å². The standard InChI is InChI=1S/C11H21NO3/c1-10(2,3)8-4-5-11(8,6-7-13)15-9(12)14/h8,13H,4-7H2,1-3H3,(H2,12,14). The molecule has 0 aromatic heterocycles.